The topological polar surface area (TPSA) is 66.5 Å². The molecular weight excluding hydrogens is 336 g/mol. The fourth-order valence-electron chi connectivity index (χ4n) is 4.24. The van der Waals surface area contributed by atoms with Gasteiger partial charge in [0.1, 0.15) is 0 Å². The minimum absolute atomic E-state index is 0.0452. The average molecular weight is 365 g/mol. The maximum Gasteiger partial charge on any atom is 0.224 e. The van der Waals surface area contributed by atoms with Gasteiger partial charge in [0.15, 0.2) is 0 Å². The Morgan fingerprint density at radius 1 is 1.08 bits per heavy atom. The molecule has 25 heavy (non-hydrogen) atoms. The average Bonchev–Trinajstić information content (AvgIpc) is 2.61. The van der Waals surface area contributed by atoms with Crippen molar-refractivity contribution < 1.29 is 13.2 Å². The van der Waals surface area contributed by atoms with Gasteiger partial charge in [0, 0.05) is 25.6 Å². The van der Waals surface area contributed by atoms with Gasteiger partial charge in [0.25, 0.3) is 0 Å². The summed E-state index contributed by atoms with van der Waals surface area (Å²) in [6, 6.07) is 9.48. The first kappa shape index (κ1) is 18.4. The predicted octanol–water partition coefficient (Wildman–Crippen LogP) is 2.68. The quantitative estimate of drug-likeness (QED) is 0.844. The number of carbonyl (C=O) groups is 1. The minimum atomic E-state index is -3.41. The Balaban J connectivity index is 1.48. The lowest BCUT2D eigenvalue weighted by Crippen LogP contribution is -2.50. The van der Waals surface area contributed by atoms with Crippen LogP contribution < -0.4 is 4.72 Å². The van der Waals surface area contributed by atoms with Gasteiger partial charge in [0.05, 0.1) is 5.75 Å². The second-order valence-electron chi connectivity index (χ2n) is 7.23. The van der Waals surface area contributed by atoms with Crippen LogP contribution in [0.4, 0.5) is 0 Å². The molecule has 1 aliphatic heterocycles. The third kappa shape index (κ3) is 5.05. The molecule has 0 bridgehead atoms. The van der Waals surface area contributed by atoms with Crippen LogP contribution in [-0.2, 0) is 20.6 Å². The second kappa shape index (κ2) is 8.32. The Labute approximate surface area is 150 Å². The number of carbonyl (C=O) groups excluding carboxylic acids is 1. The standard InChI is InChI=1S/C19H28N2O3S/c22-19(21-14-6-10-17-9-4-5-11-18(17)21)12-13-20-25(23,24)15-16-7-2-1-3-8-16/h1-3,7-8,17-18,20H,4-6,9-15H2. The third-order valence-corrected chi connectivity index (χ3v) is 6.78. The molecule has 5 nitrogen and oxygen atoms in total. The number of piperidine rings is 1. The lowest BCUT2D eigenvalue weighted by molar-refractivity contribution is -0.137. The molecule has 2 aliphatic rings. The molecule has 3 rings (SSSR count). The van der Waals surface area contributed by atoms with E-state index in [1.807, 2.05) is 23.1 Å². The van der Waals surface area contributed by atoms with Gasteiger partial charge >= 0.3 is 0 Å². The van der Waals surface area contributed by atoms with E-state index in [4.69, 9.17) is 0 Å². The van der Waals surface area contributed by atoms with Crippen molar-refractivity contribution in [3.05, 3.63) is 35.9 Å². The second-order valence-corrected chi connectivity index (χ2v) is 9.04. The molecule has 1 saturated heterocycles. The first-order valence-electron chi connectivity index (χ1n) is 9.36. The van der Waals surface area contributed by atoms with Crippen LogP contribution in [0.3, 0.4) is 0 Å². The summed E-state index contributed by atoms with van der Waals surface area (Å²) in [5.41, 5.74) is 0.752. The molecule has 1 heterocycles. The van der Waals surface area contributed by atoms with Gasteiger partial charge in [-0.1, -0.05) is 43.2 Å². The van der Waals surface area contributed by atoms with Gasteiger partial charge in [-0.25, -0.2) is 13.1 Å². The SMILES string of the molecule is O=C(CCNS(=O)(=O)Cc1ccccc1)N1CCCC2CCCCC21. The summed E-state index contributed by atoms with van der Waals surface area (Å²) >= 11 is 0. The lowest BCUT2D eigenvalue weighted by Gasteiger charge is -2.44. The molecule has 0 spiro atoms. The molecule has 1 aliphatic carbocycles. The number of sulfonamides is 1. The van der Waals surface area contributed by atoms with E-state index in [9.17, 15) is 13.2 Å². The number of nitrogens with zero attached hydrogens (tertiary/aromatic N) is 1. The van der Waals surface area contributed by atoms with Gasteiger partial charge in [0.2, 0.25) is 15.9 Å². The molecule has 0 radical (unpaired) electrons. The molecule has 138 valence electrons. The summed E-state index contributed by atoms with van der Waals surface area (Å²) < 4.78 is 26.9. The van der Waals surface area contributed by atoms with Crippen LogP contribution in [0.5, 0.6) is 0 Å². The van der Waals surface area contributed by atoms with E-state index >= 15 is 0 Å². The number of nitrogens with one attached hydrogen (secondary N) is 1. The Kier molecular flexibility index (Phi) is 6.12. The Morgan fingerprint density at radius 2 is 1.80 bits per heavy atom. The van der Waals surface area contributed by atoms with Crippen LogP contribution in [0, 0.1) is 5.92 Å². The third-order valence-electron chi connectivity index (χ3n) is 5.42. The number of amides is 1. The van der Waals surface area contributed by atoms with Gasteiger partial charge in [-0.15, -0.1) is 0 Å². The monoisotopic (exact) mass is 364 g/mol. The summed E-state index contributed by atoms with van der Waals surface area (Å²) in [5, 5.41) is 0. The Bertz CT molecular complexity index is 673. The molecule has 1 saturated carbocycles. The number of likely N-dealkylation sites (tertiary alicyclic amines) is 1. The van der Waals surface area contributed by atoms with Gasteiger partial charge in [-0.3, -0.25) is 4.79 Å². The number of rotatable bonds is 6. The smallest absolute Gasteiger partial charge is 0.224 e. The van der Waals surface area contributed by atoms with E-state index in [0.717, 1.165) is 24.9 Å². The minimum Gasteiger partial charge on any atom is -0.339 e. The van der Waals surface area contributed by atoms with Crippen LogP contribution in [0.25, 0.3) is 0 Å². The van der Waals surface area contributed by atoms with Crippen LogP contribution >= 0.6 is 0 Å². The van der Waals surface area contributed by atoms with Crippen molar-refractivity contribution in [2.75, 3.05) is 13.1 Å². The summed E-state index contributed by atoms with van der Waals surface area (Å²) in [5.74, 6) is 0.705. The molecule has 1 aromatic carbocycles. The zero-order chi connectivity index (χ0) is 17.7. The Hall–Kier alpha value is -1.40. The maximum atomic E-state index is 12.6. The summed E-state index contributed by atoms with van der Waals surface area (Å²) in [4.78, 5) is 14.6. The number of benzene rings is 1. The summed E-state index contributed by atoms with van der Waals surface area (Å²) in [6.45, 7) is 1.01. The molecule has 1 amide bonds. The summed E-state index contributed by atoms with van der Waals surface area (Å²) in [6.07, 6.45) is 7.38. The van der Waals surface area contributed by atoms with Crippen LogP contribution in [0.15, 0.2) is 30.3 Å². The van der Waals surface area contributed by atoms with Crippen LogP contribution in [0.1, 0.15) is 50.5 Å². The predicted molar refractivity (Wildman–Crippen MR) is 98.4 cm³/mol. The molecule has 2 fully saturated rings. The highest BCUT2D eigenvalue weighted by Gasteiger charge is 2.35. The highest BCUT2D eigenvalue weighted by atomic mass is 32.2. The van der Waals surface area contributed by atoms with E-state index in [1.54, 1.807) is 12.1 Å². The van der Waals surface area contributed by atoms with Crippen molar-refractivity contribution in [1.29, 1.82) is 0 Å². The van der Waals surface area contributed by atoms with E-state index in [0.29, 0.717) is 12.0 Å². The molecular formula is C19H28N2O3S. The molecule has 1 aromatic rings. The molecule has 0 aromatic heterocycles. The normalized spacial score (nSPS) is 23.9. The largest absolute Gasteiger partial charge is 0.339 e. The van der Waals surface area contributed by atoms with Crippen molar-refractivity contribution in [2.45, 2.75) is 56.7 Å². The first-order valence-corrected chi connectivity index (χ1v) is 11.0. The van der Waals surface area contributed by atoms with Crippen molar-refractivity contribution in [2.24, 2.45) is 5.92 Å². The fraction of sp³-hybridized carbons (Fsp3) is 0.632. The van der Waals surface area contributed by atoms with E-state index < -0.39 is 10.0 Å². The first-order chi connectivity index (χ1) is 12.1. The van der Waals surface area contributed by atoms with Gasteiger partial charge < -0.3 is 4.90 Å². The Morgan fingerprint density at radius 3 is 2.60 bits per heavy atom. The highest BCUT2D eigenvalue weighted by Crippen LogP contribution is 2.35. The molecule has 2 unspecified atom stereocenters. The number of hydrogen-bond acceptors (Lipinski definition) is 3. The van der Waals surface area contributed by atoms with Crippen molar-refractivity contribution in [3.63, 3.8) is 0 Å². The van der Waals surface area contributed by atoms with Crippen molar-refractivity contribution in [1.82, 2.24) is 9.62 Å². The summed E-state index contributed by atoms with van der Waals surface area (Å²) in [7, 11) is -3.41. The molecule has 1 N–H and O–H groups in total. The van der Waals surface area contributed by atoms with E-state index in [-0.39, 0.29) is 24.6 Å². The number of fused-ring (bicyclic) bond motifs is 1. The number of hydrogen-bond donors (Lipinski definition) is 1. The van der Waals surface area contributed by atoms with E-state index in [1.165, 1.54) is 25.7 Å². The van der Waals surface area contributed by atoms with Crippen LogP contribution in [0.2, 0.25) is 0 Å². The highest BCUT2D eigenvalue weighted by molar-refractivity contribution is 7.88. The van der Waals surface area contributed by atoms with Crippen LogP contribution in [-0.4, -0.2) is 38.4 Å². The van der Waals surface area contributed by atoms with Crippen molar-refractivity contribution >= 4 is 15.9 Å². The molecule has 2 atom stereocenters. The van der Waals surface area contributed by atoms with E-state index in [2.05, 4.69) is 4.72 Å². The molecule has 6 heteroatoms. The van der Waals surface area contributed by atoms with Gasteiger partial charge in [-0.05, 0) is 37.2 Å². The zero-order valence-electron chi connectivity index (χ0n) is 14.7. The maximum absolute atomic E-state index is 12.6. The zero-order valence-corrected chi connectivity index (χ0v) is 15.5. The van der Waals surface area contributed by atoms with Gasteiger partial charge in [-0.2, -0.15) is 0 Å². The lowest BCUT2D eigenvalue weighted by atomic mass is 9.78. The van der Waals surface area contributed by atoms with Crippen molar-refractivity contribution in [3.8, 4) is 0 Å². The fourth-order valence-corrected chi connectivity index (χ4v) is 5.38.